The van der Waals surface area contributed by atoms with Gasteiger partial charge in [-0.05, 0) is 25.1 Å². The van der Waals surface area contributed by atoms with Crippen LogP contribution in [0.25, 0.3) is 21.8 Å². The van der Waals surface area contributed by atoms with E-state index in [4.69, 9.17) is 4.74 Å². The van der Waals surface area contributed by atoms with Crippen LogP contribution in [-0.2, 0) is 4.74 Å². The lowest BCUT2D eigenvalue weighted by atomic mass is 10.1. The Morgan fingerprint density at radius 3 is 3.05 bits per heavy atom. The molecule has 3 aromatic rings. The number of aromatic nitrogens is 2. The van der Waals surface area contributed by atoms with Crippen molar-refractivity contribution in [3.8, 4) is 6.07 Å². The topological polar surface area (TPSA) is 78.8 Å². The summed E-state index contributed by atoms with van der Waals surface area (Å²) in [5, 5.41) is 10.8. The molecular formula is C15H11N3O2. The highest BCUT2D eigenvalue weighted by atomic mass is 16.5. The van der Waals surface area contributed by atoms with Gasteiger partial charge in [-0.15, -0.1) is 0 Å². The molecule has 5 nitrogen and oxygen atoms in total. The Morgan fingerprint density at radius 2 is 2.30 bits per heavy atom. The fraction of sp³-hybridized carbons (Fsp3) is 0.133. The van der Waals surface area contributed by atoms with Crippen LogP contribution >= 0.6 is 0 Å². The molecule has 3 rings (SSSR count). The number of pyridine rings is 1. The van der Waals surface area contributed by atoms with Gasteiger partial charge in [0.05, 0.1) is 30.0 Å². The van der Waals surface area contributed by atoms with E-state index in [1.165, 1.54) is 0 Å². The van der Waals surface area contributed by atoms with E-state index in [-0.39, 0.29) is 5.69 Å². The first-order valence-electron chi connectivity index (χ1n) is 6.22. The van der Waals surface area contributed by atoms with E-state index in [9.17, 15) is 10.1 Å². The summed E-state index contributed by atoms with van der Waals surface area (Å²) in [6.45, 7) is 2.05. The molecule has 0 unspecified atom stereocenters. The number of nitrogens with one attached hydrogen (secondary N) is 1. The predicted octanol–water partition coefficient (Wildman–Crippen LogP) is 2.76. The van der Waals surface area contributed by atoms with Gasteiger partial charge < -0.3 is 9.72 Å². The number of aromatic amines is 1. The zero-order valence-corrected chi connectivity index (χ0v) is 10.8. The van der Waals surface area contributed by atoms with Gasteiger partial charge in [-0.25, -0.2) is 9.78 Å². The Morgan fingerprint density at radius 1 is 1.45 bits per heavy atom. The Kier molecular flexibility index (Phi) is 2.84. The fourth-order valence-corrected chi connectivity index (χ4v) is 2.26. The third kappa shape index (κ3) is 1.79. The summed E-state index contributed by atoms with van der Waals surface area (Å²) < 4.78 is 4.95. The summed E-state index contributed by atoms with van der Waals surface area (Å²) in [7, 11) is 0. The zero-order chi connectivity index (χ0) is 14.1. The summed E-state index contributed by atoms with van der Waals surface area (Å²) in [6.07, 6.45) is 1.59. The fourth-order valence-electron chi connectivity index (χ4n) is 2.26. The van der Waals surface area contributed by atoms with Crippen molar-refractivity contribution >= 4 is 27.8 Å². The van der Waals surface area contributed by atoms with Crippen molar-refractivity contribution in [1.29, 1.82) is 5.26 Å². The Labute approximate surface area is 114 Å². The van der Waals surface area contributed by atoms with Gasteiger partial charge in [0.2, 0.25) is 0 Å². The van der Waals surface area contributed by atoms with Gasteiger partial charge in [0.15, 0.2) is 0 Å². The molecule has 0 saturated heterocycles. The number of ether oxygens (including phenoxy) is 1. The second-order valence-electron chi connectivity index (χ2n) is 4.30. The third-order valence-electron chi connectivity index (χ3n) is 3.11. The quantitative estimate of drug-likeness (QED) is 0.722. The number of carbonyl (C=O) groups is 1. The molecule has 0 aliphatic carbocycles. The minimum absolute atomic E-state index is 0.244. The smallest absolute Gasteiger partial charge is 0.356 e. The summed E-state index contributed by atoms with van der Waals surface area (Å²) >= 11 is 0. The molecule has 20 heavy (non-hydrogen) atoms. The Hall–Kier alpha value is -2.87. The molecule has 1 aromatic carbocycles. The lowest BCUT2D eigenvalue weighted by Crippen LogP contribution is -2.06. The normalized spacial score (nSPS) is 10.6. The maximum atomic E-state index is 11.7. The van der Waals surface area contributed by atoms with Crippen molar-refractivity contribution < 1.29 is 9.53 Å². The number of benzene rings is 1. The van der Waals surface area contributed by atoms with Gasteiger partial charge >= 0.3 is 5.97 Å². The monoisotopic (exact) mass is 265 g/mol. The highest BCUT2D eigenvalue weighted by Gasteiger charge is 2.13. The summed E-state index contributed by atoms with van der Waals surface area (Å²) in [5.41, 5.74) is 2.44. The molecule has 0 aliphatic heterocycles. The van der Waals surface area contributed by atoms with Crippen LogP contribution in [0, 0.1) is 11.3 Å². The Balaban J connectivity index is 2.30. The number of esters is 1. The molecule has 0 radical (unpaired) electrons. The van der Waals surface area contributed by atoms with Crippen molar-refractivity contribution in [1.82, 2.24) is 9.97 Å². The first-order valence-corrected chi connectivity index (χ1v) is 6.22. The molecule has 0 amide bonds. The highest BCUT2D eigenvalue weighted by molar-refractivity contribution is 6.11. The number of hydrogen-bond acceptors (Lipinski definition) is 4. The van der Waals surface area contributed by atoms with Crippen LogP contribution in [0.3, 0.4) is 0 Å². The van der Waals surface area contributed by atoms with Gasteiger partial charge in [-0.1, -0.05) is 6.07 Å². The van der Waals surface area contributed by atoms with Gasteiger partial charge in [0.1, 0.15) is 5.69 Å². The van der Waals surface area contributed by atoms with E-state index in [0.29, 0.717) is 12.2 Å². The minimum Gasteiger partial charge on any atom is -0.461 e. The third-order valence-corrected chi connectivity index (χ3v) is 3.11. The summed E-state index contributed by atoms with van der Waals surface area (Å²) in [6, 6.07) is 9.28. The number of fused-ring (bicyclic) bond motifs is 3. The van der Waals surface area contributed by atoms with E-state index in [1.807, 2.05) is 12.1 Å². The van der Waals surface area contributed by atoms with E-state index >= 15 is 0 Å². The van der Waals surface area contributed by atoms with Crippen molar-refractivity contribution in [2.75, 3.05) is 6.61 Å². The van der Waals surface area contributed by atoms with Crippen LogP contribution in [0.4, 0.5) is 0 Å². The number of H-pyrrole nitrogens is 1. The molecule has 0 bridgehead atoms. The average Bonchev–Trinajstić information content (AvgIpc) is 2.85. The van der Waals surface area contributed by atoms with Gasteiger partial charge in [0.25, 0.3) is 0 Å². The molecule has 2 aromatic heterocycles. The summed E-state index contributed by atoms with van der Waals surface area (Å²) in [4.78, 5) is 19.0. The van der Waals surface area contributed by atoms with E-state index < -0.39 is 5.97 Å². The van der Waals surface area contributed by atoms with Crippen LogP contribution < -0.4 is 0 Å². The first kappa shape index (κ1) is 12.2. The van der Waals surface area contributed by atoms with Crippen LogP contribution in [-0.4, -0.2) is 22.5 Å². The number of nitrogens with zero attached hydrogens (tertiary/aromatic N) is 2. The van der Waals surface area contributed by atoms with Gasteiger partial charge in [-0.3, -0.25) is 0 Å². The second kappa shape index (κ2) is 4.67. The lowest BCUT2D eigenvalue weighted by Gasteiger charge is -2.01. The standard InChI is InChI=1S/C15H11N3O2/c1-2-20-15(19)12-6-10-13(8-17-12)18-11-5-3-4-9(7-16)14(10)11/h3-6,8,18H,2H2,1H3. The Bertz CT molecular complexity index is 859. The predicted molar refractivity (Wildman–Crippen MR) is 74.3 cm³/mol. The molecule has 0 aliphatic rings. The second-order valence-corrected chi connectivity index (χ2v) is 4.30. The van der Waals surface area contributed by atoms with Gasteiger partial charge in [0, 0.05) is 16.3 Å². The average molecular weight is 265 g/mol. The molecule has 5 heteroatoms. The minimum atomic E-state index is -0.460. The summed E-state index contributed by atoms with van der Waals surface area (Å²) in [5.74, 6) is -0.460. The van der Waals surface area contributed by atoms with Crippen LogP contribution in [0.1, 0.15) is 23.0 Å². The molecule has 0 spiro atoms. The highest BCUT2D eigenvalue weighted by Crippen LogP contribution is 2.28. The van der Waals surface area contributed by atoms with E-state index in [1.54, 1.807) is 25.3 Å². The van der Waals surface area contributed by atoms with E-state index in [2.05, 4.69) is 16.0 Å². The van der Waals surface area contributed by atoms with Crippen molar-refractivity contribution in [3.05, 3.63) is 41.7 Å². The molecular weight excluding hydrogens is 254 g/mol. The number of carbonyl (C=O) groups excluding carboxylic acids is 1. The molecule has 0 saturated carbocycles. The number of rotatable bonds is 2. The van der Waals surface area contributed by atoms with Crippen LogP contribution in [0.15, 0.2) is 30.5 Å². The first-order chi connectivity index (χ1) is 9.74. The molecule has 0 atom stereocenters. The maximum Gasteiger partial charge on any atom is 0.356 e. The molecule has 2 heterocycles. The molecule has 98 valence electrons. The lowest BCUT2D eigenvalue weighted by molar-refractivity contribution is 0.0520. The maximum absolute atomic E-state index is 11.7. The van der Waals surface area contributed by atoms with E-state index in [0.717, 1.165) is 21.8 Å². The number of nitriles is 1. The molecule has 0 fully saturated rings. The largest absolute Gasteiger partial charge is 0.461 e. The SMILES string of the molecule is CCOC(=O)c1cc2c(cn1)[nH]c1cccc(C#N)c12. The van der Waals surface area contributed by atoms with Gasteiger partial charge in [-0.2, -0.15) is 5.26 Å². The molecule has 1 N–H and O–H groups in total. The van der Waals surface area contributed by atoms with Crippen molar-refractivity contribution in [3.63, 3.8) is 0 Å². The van der Waals surface area contributed by atoms with Crippen molar-refractivity contribution in [2.45, 2.75) is 6.92 Å². The zero-order valence-electron chi connectivity index (χ0n) is 10.8. The van der Waals surface area contributed by atoms with Crippen LogP contribution in [0.5, 0.6) is 0 Å². The van der Waals surface area contributed by atoms with Crippen molar-refractivity contribution in [2.24, 2.45) is 0 Å². The van der Waals surface area contributed by atoms with Crippen LogP contribution in [0.2, 0.25) is 0 Å². The number of hydrogen-bond donors (Lipinski definition) is 1.